The summed E-state index contributed by atoms with van der Waals surface area (Å²) in [5.74, 6) is 0.00899. The fourth-order valence-electron chi connectivity index (χ4n) is 3.12. The number of carbonyl (C=O) groups excluding carboxylic acids is 1. The number of rotatable bonds is 4. The maximum Gasteiger partial charge on any atom is 0.418 e. The molecule has 1 aliphatic heterocycles. The lowest BCUT2D eigenvalue weighted by Crippen LogP contribution is -2.44. The van der Waals surface area contributed by atoms with E-state index >= 15 is 0 Å². The Labute approximate surface area is 167 Å². The van der Waals surface area contributed by atoms with E-state index in [4.69, 9.17) is 0 Å². The predicted molar refractivity (Wildman–Crippen MR) is 108 cm³/mol. The van der Waals surface area contributed by atoms with Crippen LogP contribution in [0.3, 0.4) is 0 Å². The number of pyridine rings is 1. The number of likely N-dealkylation sites (N-methyl/N-ethyl adjacent to an activating group) is 1. The minimum atomic E-state index is -4.59. The first kappa shape index (κ1) is 20.9. The second kappa shape index (κ2) is 8.28. The quantitative estimate of drug-likeness (QED) is 0.844. The number of nitrogens with zero attached hydrogens (tertiary/aromatic N) is 4. The van der Waals surface area contributed by atoms with Crippen molar-refractivity contribution in [2.45, 2.75) is 6.18 Å². The summed E-state index contributed by atoms with van der Waals surface area (Å²) in [4.78, 5) is 22.4. The van der Waals surface area contributed by atoms with Crippen LogP contribution in [0.15, 0.2) is 36.5 Å². The Balaban J connectivity index is 1.83. The Morgan fingerprint density at radius 3 is 2.34 bits per heavy atom. The summed E-state index contributed by atoms with van der Waals surface area (Å²) in [5, 5.41) is 2.38. The Morgan fingerprint density at radius 2 is 1.79 bits per heavy atom. The van der Waals surface area contributed by atoms with Crippen molar-refractivity contribution >= 4 is 23.1 Å². The van der Waals surface area contributed by atoms with Crippen LogP contribution in [0, 0.1) is 0 Å². The van der Waals surface area contributed by atoms with Gasteiger partial charge in [0.1, 0.15) is 5.82 Å². The van der Waals surface area contributed by atoms with Crippen LogP contribution in [0.25, 0.3) is 0 Å². The molecule has 1 fully saturated rings. The molecule has 9 heteroatoms. The van der Waals surface area contributed by atoms with Gasteiger partial charge >= 0.3 is 6.18 Å². The summed E-state index contributed by atoms with van der Waals surface area (Å²) in [6.07, 6.45) is -3.24. The Hall–Kier alpha value is -2.81. The predicted octanol–water partition coefficient (Wildman–Crippen LogP) is 3.17. The molecule has 0 saturated carbocycles. The molecule has 2 aromatic rings. The van der Waals surface area contributed by atoms with E-state index in [0.29, 0.717) is 24.6 Å². The molecule has 29 heavy (non-hydrogen) atoms. The maximum absolute atomic E-state index is 13.7. The largest absolute Gasteiger partial charge is 0.418 e. The number of halogens is 3. The van der Waals surface area contributed by atoms with Crippen molar-refractivity contribution in [2.75, 3.05) is 62.4 Å². The fourth-order valence-corrected chi connectivity index (χ4v) is 3.12. The monoisotopic (exact) mass is 407 g/mol. The highest BCUT2D eigenvalue weighted by Crippen LogP contribution is 2.37. The number of carbonyl (C=O) groups is 1. The van der Waals surface area contributed by atoms with Gasteiger partial charge in [-0.3, -0.25) is 4.79 Å². The molecule has 1 aliphatic rings. The number of nitrogens with one attached hydrogen (secondary N) is 1. The third kappa shape index (κ3) is 4.97. The van der Waals surface area contributed by atoms with Gasteiger partial charge in [-0.15, -0.1) is 0 Å². The lowest BCUT2D eigenvalue weighted by atomic mass is 10.1. The molecule has 6 nitrogen and oxygen atoms in total. The first-order chi connectivity index (χ1) is 13.6. The molecule has 156 valence electrons. The molecule has 2 heterocycles. The highest BCUT2D eigenvalue weighted by Gasteiger charge is 2.35. The fraction of sp³-hybridized carbons (Fsp3) is 0.400. The zero-order valence-corrected chi connectivity index (χ0v) is 16.6. The van der Waals surface area contributed by atoms with Gasteiger partial charge in [-0.25, -0.2) is 4.98 Å². The van der Waals surface area contributed by atoms with Crippen LogP contribution in [0.2, 0.25) is 0 Å². The van der Waals surface area contributed by atoms with E-state index in [-0.39, 0.29) is 11.3 Å². The van der Waals surface area contributed by atoms with E-state index in [0.717, 1.165) is 19.2 Å². The van der Waals surface area contributed by atoms with E-state index < -0.39 is 17.6 Å². The lowest BCUT2D eigenvalue weighted by Gasteiger charge is -2.34. The average molecular weight is 407 g/mol. The molecule has 1 N–H and O–H groups in total. The van der Waals surface area contributed by atoms with E-state index in [9.17, 15) is 18.0 Å². The van der Waals surface area contributed by atoms with Gasteiger partial charge in [-0.2, -0.15) is 13.2 Å². The molecule has 1 aromatic carbocycles. The molecule has 0 unspecified atom stereocenters. The van der Waals surface area contributed by atoms with Gasteiger partial charge in [0.25, 0.3) is 5.91 Å². The lowest BCUT2D eigenvalue weighted by molar-refractivity contribution is -0.136. The van der Waals surface area contributed by atoms with Crippen LogP contribution in [0.5, 0.6) is 0 Å². The highest BCUT2D eigenvalue weighted by molar-refractivity contribution is 6.04. The summed E-state index contributed by atoms with van der Waals surface area (Å²) in [7, 11) is 5.59. The average Bonchev–Trinajstić information content (AvgIpc) is 2.68. The SMILES string of the molecule is CN1CCN(c2ccc(NC(=O)c3ccc(N(C)C)nc3)c(C(F)(F)F)c2)CC1. The first-order valence-corrected chi connectivity index (χ1v) is 9.24. The number of hydrogen-bond acceptors (Lipinski definition) is 5. The number of hydrogen-bond donors (Lipinski definition) is 1. The van der Waals surface area contributed by atoms with Gasteiger partial charge in [0.2, 0.25) is 0 Å². The number of benzene rings is 1. The van der Waals surface area contributed by atoms with E-state index in [1.807, 2.05) is 11.9 Å². The van der Waals surface area contributed by atoms with E-state index in [1.165, 1.54) is 18.3 Å². The Kier molecular flexibility index (Phi) is 5.97. The number of anilines is 3. The van der Waals surface area contributed by atoms with Gasteiger partial charge in [-0.05, 0) is 37.4 Å². The summed E-state index contributed by atoms with van der Waals surface area (Å²) < 4.78 is 41.0. The summed E-state index contributed by atoms with van der Waals surface area (Å²) in [6.45, 7) is 2.89. The second-order valence-corrected chi connectivity index (χ2v) is 7.27. The molecule has 0 bridgehead atoms. The second-order valence-electron chi connectivity index (χ2n) is 7.27. The third-order valence-electron chi connectivity index (χ3n) is 4.89. The summed E-state index contributed by atoms with van der Waals surface area (Å²) in [6, 6.07) is 7.20. The normalized spacial score (nSPS) is 15.3. The van der Waals surface area contributed by atoms with Gasteiger partial charge < -0.3 is 20.0 Å². The maximum atomic E-state index is 13.7. The molecule has 1 saturated heterocycles. The Morgan fingerprint density at radius 1 is 1.10 bits per heavy atom. The van der Waals surface area contributed by atoms with Crippen molar-refractivity contribution in [2.24, 2.45) is 0 Å². The number of piperazine rings is 1. The zero-order valence-electron chi connectivity index (χ0n) is 16.6. The van der Waals surface area contributed by atoms with E-state index in [2.05, 4.69) is 15.2 Å². The minimum absolute atomic E-state index is 0.187. The van der Waals surface area contributed by atoms with Gasteiger partial charge in [-0.1, -0.05) is 0 Å². The molecule has 0 atom stereocenters. The van der Waals surface area contributed by atoms with Crippen LogP contribution < -0.4 is 15.1 Å². The molecule has 1 amide bonds. The molecule has 0 aliphatic carbocycles. The van der Waals surface area contributed by atoms with Crippen molar-refractivity contribution in [3.8, 4) is 0 Å². The Bertz CT molecular complexity index is 859. The van der Waals surface area contributed by atoms with Gasteiger partial charge in [0.05, 0.1) is 16.8 Å². The third-order valence-corrected chi connectivity index (χ3v) is 4.89. The molecular weight excluding hydrogens is 383 g/mol. The van der Waals surface area contributed by atoms with Crippen LogP contribution in [0.4, 0.5) is 30.4 Å². The topological polar surface area (TPSA) is 51.7 Å². The summed E-state index contributed by atoms with van der Waals surface area (Å²) in [5.41, 5.74) is -0.440. The number of amides is 1. The van der Waals surface area contributed by atoms with Crippen LogP contribution in [0.1, 0.15) is 15.9 Å². The zero-order chi connectivity index (χ0) is 21.2. The van der Waals surface area contributed by atoms with Crippen LogP contribution in [-0.4, -0.2) is 63.1 Å². The van der Waals surface area contributed by atoms with E-state index in [1.54, 1.807) is 31.1 Å². The first-order valence-electron chi connectivity index (χ1n) is 9.24. The van der Waals surface area contributed by atoms with Gasteiger partial charge in [0, 0.05) is 52.2 Å². The molecule has 0 radical (unpaired) electrons. The van der Waals surface area contributed by atoms with Crippen molar-refractivity contribution in [1.82, 2.24) is 9.88 Å². The van der Waals surface area contributed by atoms with Crippen molar-refractivity contribution < 1.29 is 18.0 Å². The summed E-state index contributed by atoms with van der Waals surface area (Å²) >= 11 is 0. The van der Waals surface area contributed by atoms with Crippen molar-refractivity contribution in [1.29, 1.82) is 0 Å². The molecule has 3 rings (SSSR count). The molecule has 0 spiro atoms. The smallest absolute Gasteiger partial charge is 0.369 e. The molecule has 1 aromatic heterocycles. The van der Waals surface area contributed by atoms with Crippen molar-refractivity contribution in [3.05, 3.63) is 47.7 Å². The minimum Gasteiger partial charge on any atom is -0.369 e. The number of alkyl halides is 3. The van der Waals surface area contributed by atoms with Crippen molar-refractivity contribution in [3.63, 3.8) is 0 Å². The standard InChI is InChI=1S/C20H24F3N5O/c1-26(2)18-7-4-14(13-24-18)19(29)25-17-6-5-15(12-16(17)20(21,22)23)28-10-8-27(3)9-11-28/h4-7,12-13H,8-11H2,1-3H3,(H,25,29). The van der Waals surface area contributed by atoms with Crippen LogP contribution >= 0.6 is 0 Å². The van der Waals surface area contributed by atoms with Crippen LogP contribution in [-0.2, 0) is 6.18 Å². The highest BCUT2D eigenvalue weighted by atomic mass is 19.4. The van der Waals surface area contributed by atoms with Gasteiger partial charge in [0.15, 0.2) is 0 Å². The molecular formula is C20H24F3N5O. The number of aromatic nitrogens is 1.